The predicted molar refractivity (Wildman–Crippen MR) is 76.2 cm³/mol. The number of aromatic nitrogens is 4. The molecule has 3 aromatic rings. The van der Waals surface area contributed by atoms with Gasteiger partial charge < -0.3 is 5.32 Å². The number of tetrazole rings is 1. The topological polar surface area (TPSA) is 72.7 Å². The summed E-state index contributed by atoms with van der Waals surface area (Å²) in [6.45, 7) is -0.0610. The van der Waals surface area contributed by atoms with Crippen LogP contribution in [0.15, 0.2) is 41.1 Å². The molecule has 0 atom stereocenters. The Morgan fingerprint density at radius 3 is 2.81 bits per heavy atom. The van der Waals surface area contributed by atoms with E-state index in [9.17, 15) is 9.18 Å². The third-order valence-corrected chi connectivity index (χ3v) is 3.33. The van der Waals surface area contributed by atoms with Gasteiger partial charge in [0.25, 0.3) is 0 Å². The van der Waals surface area contributed by atoms with Crippen LogP contribution in [-0.2, 0) is 11.3 Å². The van der Waals surface area contributed by atoms with E-state index in [-0.39, 0.29) is 18.3 Å². The van der Waals surface area contributed by atoms with E-state index in [0.717, 1.165) is 5.56 Å². The molecule has 8 heteroatoms. The lowest BCUT2D eigenvalue weighted by molar-refractivity contribution is -0.117. The first-order chi connectivity index (χ1) is 10.2. The van der Waals surface area contributed by atoms with Gasteiger partial charge in [0.15, 0.2) is 0 Å². The van der Waals surface area contributed by atoms with Crippen LogP contribution in [0.25, 0.3) is 11.4 Å². The molecule has 1 aromatic carbocycles. The third kappa shape index (κ3) is 3.29. The Morgan fingerprint density at radius 1 is 1.29 bits per heavy atom. The zero-order valence-corrected chi connectivity index (χ0v) is 11.5. The van der Waals surface area contributed by atoms with Crippen LogP contribution in [0.1, 0.15) is 0 Å². The Labute approximate surface area is 123 Å². The van der Waals surface area contributed by atoms with Gasteiger partial charge in [0.1, 0.15) is 12.4 Å². The van der Waals surface area contributed by atoms with Gasteiger partial charge in [0.05, 0.1) is 0 Å². The number of carbonyl (C=O) groups excluding carboxylic acids is 1. The van der Waals surface area contributed by atoms with Crippen LogP contribution in [0, 0.1) is 5.82 Å². The maximum absolute atomic E-state index is 12.8. The van der Waals surface area contributed by atoms with Crippen LogP contribution in [-0.4, -0.2) is 26.1 Å². The minimum Gasteiger partial charge on any atom is -0.324 e. The summed E-state index contributed by atoms with van der Waals surface area (Å²) in [5.74, 6) is -0.187. The van der Waals surface area contributed by atoms with Crippen molar-refractivity contribution in [2.24, 2.45) is 0 Å². The van der Waals surface area contributed by atoms with Crippen molar-refractivity contribution in [3.8, 4) is 11.4 Å². The number of carbonyl (C=O) groups is 1. The summed E-state index contributed by atoms with van der Waals surface area (Å²) >= 11 is 1.53. The van der Waals surface area contributed by atoms with Crippen LogP contribution in [0.3, 0.4) is 0 Å². The predicted octanol–water partition coefficient (Wildman–Crippen LogP) is 2.18. The molecule has 2 heterocycles. The van der Waals surface area contributed by atoms with Crippen molar-refractivity contribution in [1.82, 2.24) is 20.2 Å². The molecule has 0 saturated heterocycles. The van der Waals surface area contributed by atoms with Gasteiger partial charge in [-0.1, -0.05) is 0 Å². The van der Waals surface area contributed by atoms with E-state index >= 15 is 0 Å². The van der Waals surface area contributed by atoms with E-state index in [4.69, 9.17) is 0 Å². The van der Waals surface area contributed by atoms with Crippen LogP contribution in [0.5, 0.6) is 0 Å². The molecule has 0 unspecified atom stereocenters. The molecule has 0 bridgehead atoms. The highest BCUT2D eigenvalue weighted by Gasteiger charge is 2.09. The second-order valence-corrected chi connectivity index (χ2v) is 4.99. The number of thiophene rings is 1. The SMILES string of the molecule is O=C(Cn1nnc(-c2ccsc2)n1)Nc1ccc(F)cc1. The number of anilines is 1. The third-order valence-electron chi connectivity index (χ3n) is 2.65. The number of nitrogens with zero attached hydrogens (tertiary/aromatic N) is 4. The average Bonchev–Trinajstić information content (AvgIpc) is 3.12. The molecule has 0 fully saturated rings. The number of amides is 1. The largest absolute Gasteiger partial charge is 0.324 e. The molecular weight excluding hydrogens is 293 g/mol. The number of halogens is 1. The molecule has 1 N–H and O–H groups in total. The molecular formula is C13H10FN5OS. The molecule has 6 nitrogen and oxygen atoms in total. The molecule has 0 radical (unpaired) electrons. The number of hydrogen-bond donors (Lipinski definition) is 1. The van der Waals surface area contributed by atoms with Gasteiger partial charge in [-0.05, 0) is 40.9 Å². The summed E-state index contributed by atoms with van der Waals surface area (Å²) in [6, 6.07) is 7.40. The number of rotatable bonds is 4. The van der Waals surface area contributed by atoms with Gasteiger partial charge in [0, 0.05) is 16.6 Å². The van der Waals surface area contributed by atoms with Gasteiger partial charge in [0.2, 0.25) is 11.7 Å². The minimum absolute atomic E-state index is 0.0610. The minimum atomic E-state index is -0.355. The van der Waals surface area contributed by atoms with E-state index in [1.54, 1.807) is 0 Å². The first-order valence-corrected chi connectivity index (χ1v) is 7.01. The lowest BCUT2D eigenvalue weighted by atomic mass is 10.3. The maximum Gasteiger partial charge on any atom is 0.248 e. The highest BCUT2D eigenvalue weighted by molar-refractivity contribution is 7.08. The van der Waals surface area contributed by atoms with E-state index in [1.807, 2.05) is 16.8 Å². The van der Waals surface area contributed by atoms with Crippen molar-refractivity contribution in [1.29, 1.82) is 0 Å². The van der Waals surface area contributed by atoms with Crippen LogP contribution in [0.4, 0.5) is 10.1 Å². The molecule has 3 rings (SSSR count). The van der Waals surface area contributed by atoms with Gasteiger partial charge >= 0.3 is 0 Å². The zero-order valence-electron chi connectivity index (χ0n) is 10.7. The molecule has 106 valence electrons. The van der Waals surface area contributed by atoms with Crippen LogP contribution >= 0.6 is 11.3 Å². The van der Waals surface area contributed by atoms with Gasteiger partial charge in [-0.2, -0.15) is 16.1 Å². The van der Waals surface area contributed by atoms with Crippen molar-refractivity contribution in [3.05, 3.63) is 46.9 Å². The Bertz CT molecular complexity index is 738. The number of benzene rings is 1. The van der Waals surface area contributed by atoms with E-state index in [0.29, 0.717) is 11.5 Å². The summed E-state index contributed by atoms with van der Waals surface area (Å²) in [4.78, 5) is 13.0. The molecule has 1 amide bonds. The molecule has 0 spiro atoms. The first-order valence-electron chi connectivity index (χ1n) is 6.06. The summed E-state index contributed by atoms with van der Waals surface area (Å²) in [6.07, 6.45) is 0. The van der Waals surface area contributed by atoms with Gasteiger partial charge in [-0.3, -0.25) is 4.79 Å². The molecule has 0 aliphatic heterocycles. The Hall–Kier alpha value is -2.61. The highest BCUT2D eigenvalue weighted by atomic mass is 32.1. The molecule has 0 saturated carbocycles. The van der Waals surface area contributed by atoms with Crippen molar-refractivity contribution in [2.45, 2.75) is 6.54 Å². The second kappa shape index (κ2) is 5.80. The van der Waals surface area contributed by atoms with Crippen molar-refractivity contribution in [3.63, 3.8) is 0 Å². The zero-order chi connectivity index (χ0) is 14.7. The quantitative estimate of drug-likeness (QED) is 0.802. The fraction of sp³-hybridized carbons (Fsp3) is 0.0769. The fourth-order valence-corrected chi connectivity index (χ4v) is 2.31. The smallest absolute Gasteiger partial charge is 0.248 e. The van der Waals surface area contributed by atoms with E-state index in [2.05, 4.69) is 20.7 Å². The van der Waals surface area contributed by atoms with Crippen LogP contribution in [0.2, 0.25) is 0 Å². The molecule has 0 aliphatic rings. The van der Waals surface area contributed by atoms with Crippen molar-refractivity contribution < 1.29 is 9.18 Å². The fourth-order valence-electron chi connectivity index (χ4n) is 1.68. The maximum atomic E-state index is 12.8. The summed E-state index contributed by atoms with van der Waals surface area (Å²) in [5.41, 5.74) is 1.38. The number of hydrogen-bond acceptors (Lipinski definition) is 5. The normalized spacial score (nSPS) is 10.5. The van der Waals surface area contributed by atoms with Crippen LogP contribution < -0.4 is 5.32 Å². The summed E-state index contributed by atoms with van der Waals surface area (Å²) in [7, 11) is 0. The van der Waals surface area contributed by atoms with E-state index < -0.39 is 0 Å². The molecule has 2 aromatic heterocycles. The lowest BCUT2D eigenvalue weighted by Crippen LogP contribution is -2.20. The highest BCUT2D eigenvalue weighted by Crippen LogP contribution is 2.16. The lowest BCUT2D eigenvalue weighted by Gasteiger charge is -2.03. The molecule has 0 aliphatic carbocycles. The van der Waals surface area contributed by atoms with Gasteiger partial charge in [-0.15, -0.1) is 10.2 Å². The summed E-state index contributed by atoms with van der Waals surface area (Å²) in [5, 5.41) is 18.3. The second-order valence-electron chi connectivity index (χ2n) is 4.21. The number of nitrogens with one attached hydrogen (secondary N) is 1. The molecule has 21 heavy (non-hydrogen) atoms. The average molecular weight is 303 g/mol. The Balaban J connectivity index is 1.64. The van der Waals surface area contributed by atoms with Crippen molar-refractivity contribution >= 4 is 22.9 Å². The Kier molecular flexibility index (Phi) is 3.69. The van der Waals surface area contributed by atoms with Gasteiger partial charge in [-0.25, -0.2) is 4.39 Å². The monoisotopic (exact) mass is 303 g/mol. The standard InChI is InChI=1S/C13H10FN5OS/c14-10-1-3-11(4-2-10)15-12(20)7-19-17-13(16-18-19)9-5-6-21-8-9/h1-6,8H,7H2,(H,15,20). The summed E-state index contributed by atoms with van der Waals surface area (Å²) < 4.78 is 12.8. The van der Waals surface area contributed by atoms with E-state index in [1.165, 1.54) is 40.4 Å². The van der Waals surface area contributed by atoms with Crippen molar-refractivity contribution in [2.75, 3.05) is 5.32 Å². The first kappa shape index (κ1) is 13.4. The Morgan fingerprint density at radius 2 is 2.10 bits per heavy atom.